The normalized spacial score (nSPS) is 17.7. The average molecular weight is 836 g/mol. The van der Waals surface area contributed by atoms with Crippen LogP contribution in [0.4, 0.5) is 13.6 Å². The molecule has 16 heteroatoms. The summed E-state index contributed by atoms with van der Waals surface area (Å²) in [5.74, 6) is -10.0. The number of hydrogen-bond acceptors (Lipinski definition) is 8. The molecule has 2 aromatic carbocycles. The molecule has 1 saturated heterocycles. The van der Waals surface area contributed by atoms with Crippen LogP contribution in [0.3, 0.4) is 0 Å². The van der Waals surface area contributed by atoms with Crippen molar-refractivity contribution in [3.05, 3.63) is 95.8 Å². The number of hydrogen-bond donors (Lipinski definition) is 4. The fourth-order valence-electron chi connectivity index (χ4n) is 7.68. The maximum absolute atomic E-state index is 15.4. The van der Waals surface area contributed by atoms with Crippen LogP contribution in [-0.2, 0) is 35.3 Å². The molecule has 2 unspecified atom stereocenters. The van der Waals surface area contributed by atoms with E-state index in [9.17, 15) is 33.5 Å². The van der Waals surface area contributed by atoms with Gasteiger partial charge in [-0.25, -0.2) is 18.4 Å². The Hall–Kier alpha value is -5.51. The minimum atomic E-state index is -2.48. The second-order valence-electron chi connectivity index (χ2n) is 17.1. The molecule has 3 N–H and O–H groups in total. The number of amides is 5. The van der Waals surface area contributed by atoms with Crippen molar-refractivity contribution in [3.8, 4) is 11.1 Å². The van der Waals surface area contributed by atoms with Gasteiger partial charge in [-0.2, -0.15) is 12.6 Å². The second-order valence-corrected chi connectivity index (χ2v) is 17.4. The number of thiol groups is 1. The van der Waals surface area contributed by atoms with Gasteiger partial charge in [-0.3, -0.25) is 24.1 Å². The zero-order valence-corrected chi connectivity index (χ0v) is 34.9. The third kappa shape index (κ3) is 10.4. The van der Waals surface area contributed by atoms with Gasteiger partial charge in [-0.05, 0) is 68.4 Å². The Labute approximate surface area is 347 Å². The summed E-state index contributed by atoms with van der Waals surface area (Å²) < 4.78 is 37.3. The van der Waals surface area contributed by atoms with Gasteiger partial charge in [0.15, 0.2) is 5.54 Å². The Kier molecular flexibility index (Phi) is 13.4. The Bertz CT molecular complexity index is 2110. The number of carboxylic acids is 1. The highest BCUT2D eigenvalue weighted by atomic mass is 32.1. The predicted octanol–water partition coefficient (Wildman–Crippen LogP) is 5.40. The number of likely N-dealkylation sites (tertiary alicyclic amines) is 1. The molecule has 0 radical (unpaired) electrons. The minimum absolute atomic E-state index is 0.0228. The van der Waals surface area contributed by atoms with Crippen LogP contribution < -0.4 is 10.6 Å². The zero-order chi connectivity index (χ0) is 43.4. The molecule has 0 bridgehead atoms. The van der Waals surface area contributed by atoms with Crippen LogP contribution in [0.25, 0.3) is 11.1 Å². The predicted molar refractivity (Wildman–Crippen MR) is 218 cm³/mol. The summed E-state index contributed by atoms with van der Waals surface area (Å²) in [5.41, 5.74) is -2.83. The van der Waals surface area contributed by atoms with Crippen molar-refractivity contribution in [2.75, 3.05) is 31.9 Å². The highest BCUT2D eigenvalue weighted by Gasteiger charge is 2.57. The first-order valence-corrected chi connectivity index (χ1v) is 19.9. The van der Waals surface area contributed by atoms with Crippen LogP contribution in [0.15, 0.2) is 72.9 Å². The number of aliphatic carboxylic acids is 1. The van der Waals surface area contributed by atoms with Gasteiger partial charge in [-0.1, -0.05) is 51.1 Å². The number of aromatic nitrogens is 1. The molecule has 1 aromatic heterocycles. The number of ether oxygens (including phenoxy) is 1. The standard InChI is InChI=1S/C43H51F2N5O8S/c1-41(2,3)36(32-18-28(30-19-29(44)12-13-31(30)45)23-49(32)21-26-10-8-7-9-11-26)37(38(54)46-20-27-16-17-48(22-27)40(57)58-42(4,5)6)43(25-59,39(55)56)47-33(51)24-50-34(52)14-15-35(50)53/h7-15,18-19,23,27,36-37,59H,16-17,20-22,24-25H2,1-6H3,(H,46,54)(H,47,51)(H,55,56)/t27?,36-,37?,43-/m1/s1. The molecule has 13 nitrogen and oxygen atoms in total. The Morgan fingerprint density at radius 1 is 0.966 bits per heavy atom. The van der Waals surface area contributed by atoms with E-state index in [1.807, 2.05) is 30.3 Å². The molecule has 0 saturated carbocycles. The van der Waals surface area contributed by atoms with E-state index in [0.29, 0.717) is 23.6 Å². The summed E-state index contributed by atoms with van der Waals surface area (Å²) in [4.78, 5) is 82.4. The van der Waals surface area contributed by atoms with E-state index in [2.05, 4.69) is 23.3 Å². The number of benzene rings is 2. The van der Waals surface area contributed by atoms with Gasteiger partial charge >= 0.3 is 12.1 Å². The van der Waals surface area contributed by atoms with Gasteiger partial charge in [0, 0.05) is 73.0 Å². The monoisotopic (exact) mass is 835 g/mol. The van der Waals surface area contributed by atoms with E-state index >= 15 is 9.18 Å². The number of imide groups is 1. The van der Waals surface area contributed by atoms with Crippen molar-refractivity contribution in [3.63, 3.8) is 0 Å². The highest BCUT2D eigenvalue weighted by Crippen LogP contribution is 2.47. The largest absolute Gasteiger partial charge is 0.479 e. The van der Waals surface area contributed by atoms with E-state index in [0.717, 1.165) is 35.9 Å². The van der Waals surface area contributed by atoms with Crippen molar-refractivity contribution in [1.82, 2.24) is 25.0 Å². The summed E-state index contributed by atoms with van der Waals surface area (Å²) in [5, 5.41) is 16.6. The van der Waals surface area contributed by atoms with E-state index in [1.165, 1.54) is 4.90 Å². The van der Waals surface area contributed by atoms with Crippen molar-refractivity contribution < 1.29 is 47.4 Å². The number of nitrogens with zero attached hydrogens (tertiary/aromatic N) is 3. The molecule has 5 amide bonds. The van der Waals surface area contributed by atoms with Crippen LogP contribution in [0.5, 0.6) is 0 Å². The van der Waals surface area contributed by atoms with E-state index in [1.54, 1.807) is 58.4 Å². The van der Waals surface area contributed by atoms with Gasteiger partial charge in [0.2, 0.25) is 11.8 Å². The summed E-state index contributed by atoms with van der Waals surface area (Å²) >= 11 is 4.46. The number of carbonyl (C=O) groups excluding carboxylic acids is 5. The lowest BCUT2D eigenvalue weighted by atomic mass is 9.64. The first-order chi connectivity index (χ1) is 27.6. The van der Waals surface area contributed by atoms with Crippen LogP contribution in [0.2, 0.25) is 0 Å². The van der Waals surface area contributed by atoms with Crippen molar-refractivity contribution in [2.24, 2.45) is 17.3 Å². The third-order valence-electron chi connectivity index (χ3n) is 10.5. The highest BCUT2D eigenvalue weighted by molar-refractivity contribution is 7.80. The van der Waals surface area contributed by atoms with Gasteiger partial charge < -0.3 is 29.9 Å². The molecule has 0 aliphatic carbocycles. The summed E-state index contributed by atoms with van der Waals surface area (Å²) in [6.45, 7) is 10.6. The summed E-state index contributed by atoms with van der Waals surface area (Å²) in [6, 6.07) is 13.8. The van der Waals surface area contributed by atoms with Gasteiger partial charge in [0.1, 0.15) is 23.8 Å². The average Bonchev–Trinajstić information content (AvgIpc) is 3.88. The summed E-state index contributed by atoms with van der Waals surface area (Å²) in [6.07, 6.45) is 3.58. The van der Waals surface area contributed by atoms with Gasteiger partial charge in [-0.15, -0.1) is 0 Å². The van der Waals surface area contributed by atoms with Crippen LogP contribution in [-0.4, -0.2) is 98.2 Å². The molecule has 2 aliphatic rings. The van der Waals surface area contributed by atoms with Gasteiger partial charge in [0.25, 0.3) is 11.8 Å². The molecule has 59 heavy (non-hydrogen) atoms. The number of carboxylic acid groups (broad SMARTS) is 1. The molecule has 5 rings (SSSR count). The van der Waals surface area contributed by atoms with E-state index in [-0.39, 0.29) is 36.7 Å². The number of rotatable bonds is 14. The zero-order valence-electron chi connectivity index (χ0n) is 34.0. The van der Waals surface area contributed by atoms with E-state index < -0.39 is 88.0 Å². The van der Waals surface area contributed by atoms with Crippen LogP contribution >= 0.6 is 12.6 Å². The Balaban J connectivity index is 1.63. The van der Waals surface area contributed by atoms with Crippen molar-refractivity contribution >= 4 is 48.3 Å². The SMILES string of the molecule is CC(C)(C)OC(=O)N1CCC(CNC(=O)C([C@@H](c2cc(-c3cc(F)ccc3F)cn2Cc2ccccc2)C(C)(C)C)[C@@](CS)(NC(=O)CN2C(=O)C=CC2=O)C(=O)O)C1. The smallest absolute Gasteiger partial charge is 0.410 e. The summed E-state index contributed by atoms with van der Waals surface area (Å²) in [7, 11) is 0. The maximum Gasteiger partial charge on any atom is 0.410 e. The molecular weight excluding hydrogens is 785 g/mol. The lowest BCUT2D eigenvalue weighted by molar-refractivity contribution is -0.154. The Morgan fingerprint density at radius 2 is 1.63 bits per heavy atom. The minimum Gasteiger partial charge on any atom is -0.479 e. The van der Waals surface area contributed by atoms with Gasteiger partial charge in [0.05, 0.1) is 5.92 Å². The van der Waals surface area contributed by atoms with Crippen molar-refractivity contribution in [2.45, 2.75) is 71.6 Å². The number of nitrogens with one attached hydrogen (secondary N) is 2. The molecular formula is C43H51F2N5O8S. The maximum atomic E-state index is 15.4. The molecule has 4 atom stereocenters. The van der Waals surface area contributed by atoms with Crippen LogP contribution in [0, 0.1) is 28.9 Å². The van der Waals surface area contributed by atoms with Crippen LogP contribution in [0.1, 0.15) is 65.1 Å². The van der Waals surface area contributed by atoms with E-state index in [4.69, 9.17) is 4.74 Å². The first-order valence-electron chi connectivity index (χ1n) is 19.3. The molecule has 2 aliphatic heterocycles. The molecule has 3 heterocycles. The molecule has 3 aromatic rings. The third-order valence-corrected chi connectivity index (χ3v) is 11.0. The molecule has 1 fully saturated rings. The number of carbonyl (C=O) groups is 6. The second kappa shape index (κ2) is 17.8. The fourth-order valence-corrected chi connectivity index (χ4v) is 8.09. The topological polar surface area (TPSA) is 167 Å². The molecule has 0 spiro atoms. The lowest BCUT2D eigenvalue weighted by Gasteiger charge is -2.45. The first kappa shape index (κ1) is 44.6. The number of halogens is 2. The quantitative estimate of drug-likeness (QED) is 0.124. The van der Waals surface area contributed by atoms with Crippen molar-refractivity contribution in [1.29, 1.82) is 0 Å². The Morgan fingerprint density at radius 3 is 2.22 bits per heavy atom. The molecule has 316 valence electrons. The lowest BCUT2D eigenvalue weighted by Crippen LogP contribution is -2.67. The fraction of sp³-hybridized carbons (Fsp3) is 0.442.